The molecule has 0 amide bonds. The second kappa shape index (κ2) is 8.83. The van der Waals surface area contributed by atoms with Crippen molar-refractivity contribution in [1.82, 2.24) is 20.0 Å². The fourth-order valence-corrected chi connectivity index (χ4v) is 2.90. The molecule has 0 saturated heterocycles. The second-order valence-corrected chi connectivity index (χ2v) is 6.51. The minimum Gasteiger partial charge on any atom is -0.501 e. The van der Waals surface area contributed by atoms with E-state index < -0.39 is 11.6 Å². The number of nitrogens with zero attached hydrogens (tertiary/aromatic N) is 4. The van der Waals surface area contributed by atoms with Crippen LogP contribution in [0.3, 0.4) is 0 Å². The Labute approximate surface area is 167 Å². The molecule has 0 aliphatic carbocycles. The highest BCUT2D eigenvalue weighted by Crippen LogP contribution is 2.26. The molecule has 3 aromatic rings. The van der Waals surface area contributed by atoms with Crippen molar-refractivity contribution in [1.29, 1.82) is 0 Å². The summed E-state index contributed by atoms with van der Waals surface area (Å²) in [6, 6.07) is 4.07. The Hall–Kier alpha value is -2.95. The molecular weight excluding hydrogens is 437 g/mol. The van der Waals surface area contributed by atoms with Gasteiger partial charge in [0.15, 0.2) is 5.69 Å². The molecule has 0 radical (unpaired) electrons. The van der Waals surface area contributed by atoms with Crippen LogP contribution in [0.4, 0.5) is 10.2 Å². The topological polar surface area (TPSA) is 108 Å². The van der Waals surface area contributed by atoms with Gasteiger partial charge in [-0.1, -0.05) is 5.16 Å². The fraction of sp³-hybridized carbons (Fsp3) is 0.294. The van der Waals surface area contributed by atoms with Crippen LogP contribution >= 0.6 is 15.9 Å². The van der Waals surface area contributed by atoms with E-state index in [4.69, 9.17) is 13.9 Å². The largest absolute Gasteiger partial charge is 0.501 e. The number of halogens is 2. The van der Waals surface area contributed by atoms with Crippen LogP contribution in [0.15, 0.2) is 48.5 Å². The first kappa shape index (κ1) is 19.8. The molecule has 9 nitrogen and oxygen atoms in total. The number of ether oxygens (including phenoxy) is 1. The summed E-state index contributed by atoms with van der Waals surface area (Å²) < 4.78 is 29.7. The van der Waals surface area contributed by atoms with E-state index in [1.807, 2.05) is 13.0 Å². The zero-order valence-electron chi connectivity index (χ0n) is 15.1. The smallest absolute Gasteiger partial charge is 0.446 e. The third-order valence-corrected chi connectivity index (χ3v) is 4.55. The van der Waals surface area contributed by atoms with Crippen molar-refractivity contribution in [3.63, 3.8) is 0 Å². The molecule has 0 bridgehead atoms. The zero-order chi connectivity index (χ0) is 20.1. The molecule has 0 atom stereocenters. The van der Waals surface area contributed by atoms with E-state index in [1.54, 1.807) is 7.11 Å². The Balaban J connectivity index is 1.83. The average molecular weight is 454 g/mol. The van der Waals surface area contributed by atoms with Gasteiger partial charge in [0.1, 0.15) is 5.82 Å². The highest BCUT2D eigenvalue weighted by molar-refractivity contribution is 9.10. The summed E-state index contributed by atoms with van der Waals surface area (Å²) in [6.07, 6.45) is 3.42. The molecule has 148 valence electrons. The third kappa shape index (κ3) is 4.14. The number of hydrogen-bond donors (Lipinski definition) is 1. The first-order chi connectivity index (χ1) is 13.5. The molecule has 0 unspecified atom stereocenters. The fourth-order valence-electron chi connectivity index (χ4n) is 2.54. The standard InChI is InChI=1S/C17H17BrFN5O4/c1-3-11(26-2)5-4-8-20-15-14(21-28-22-15)16-23-27-17(25)24(16)10-6-7-13(19)12(18)9-10/h3,6-7,9H,4-5,8H2,1-2H3,(H,20,22)/b11-3-. The molecule has 1 N–H and O–H groups in total. The van der Waals surface area contributed by atoms with Crippen molar-refractivity contribution in [2.45, 2.75) is 19.8 Å². The molecule has 0 saturated carbocycles. The van der Waals surface area contributed by atoms with Gasteiger partial charge in [-0.25, -0.2) is 18.4 Å². The van der Waals surface area contributed by atoms with E-state index >= 15 is 0 Å². The molecule has 28 heavy (non-hydrogen) atoms. The summed E-state index contributed by atoms with van der Waals surface area (Å²) in [7, 11) is 1.63. The monoisotopic (exact) mass is 453 g/mol. The molecule has 11 heteroatoms. The molecule has 0 spiro atoms. The van der Waals surface area contributed by atoms with Crippen LogP contribution in [0.2, 0.25) is 0 Å². The highest BCUT2D eigenvalue weighted by Gasteiger charge is 2.23. The lowest BCUT2D eigenvalue weighted by molar-refractivity contribution is 0.275. The van der Waals surface area contributed by atoms with Gasteiger partial charge in [0.25, 0.3) is 0 Å². The molecule has 0 fully saturated rings. The van der Waals surface area contributed by atoms with E-state index in [2.05, 4.69) is 36.7 Å². The maximum atomic E-state index is 13.5. The van der Waals surface area contributed by atoms with Crippen LogP contribution < -0.4 is 11.1 Å². The number of methoxy groups -OCH3 is 1. The van der Waals surface area contributed by atoms with E-state index in [0.29, 0.717) is 18.1 Å². The highest BCUT2D eigenvalue weighted by atomic mass is 79.9. The van der Waals surface area contributed by atoms with Crippen LogP contribution in [-0.4, -0.2) is 33.7 Å². The van der Waals surface area contributed by atoms with Crippen molar-refractivity contribution < 1.29 is 18.3 Å². The van der Waals surface area contributed by atoms with Crippen LogP contribution in [0, 0.1) is 5.82 Å². The normalized spacial score (nSPS) is 11.6. The minimum atomic E-state index is -0.750. The number of rotatable bonds is 8. The second-order valence-electron chi connectivity index (χ2n) is 5.66. The summed E-state index contributed by atoms with van der Waals surface area (Å²) in [6.45, 7) is 2.47. The van der Waals surface area contributed by atoms with Gasteiger partial charge in [-0.3, -0.25) is 4.52 Å². The van der Waals surface area contributed by atoms with Crippen molar-refractivity contribution >= 4 is 21.7 Å². The van der Waals surface area contributed by atoms with Gasteiger partial charge in [-0.2, -0.15) is 0 Å². The van der Waals surface area contributed by atoms with Crippen molar-refractivity contribution in [3.8, 4) is 17.2 Å². The van der Waals surface area contributed by atoms with Gasteiger partial charge in [0, 0.05) is 13.0 Å². The number of benzene rings is 1. The van der Waals surface area contributed by atoms with Crippen molar-refractivity contribution in [3.05, 3.63) is 50.9 Å². The predicted octanol–water partition coefficient (Wildman–Crippen LogP) is 3.52. The van der Waals surface area contributed by atoms with E-state index in [-0.39, 0.29) is 16.0 Å². The molecule has 2 heterocycles. The summed E-state index contributed by atoms with van der Waals surface area (Å²) in [5.74, 6) is 0.0607. The van der Waals surface area contributed by atoms with Crippen LogP contribution in [0.5, 0.6) is 0 Å². The lowest BCUT2D eigenvalue weighted by atomic mass is 10.2. The Kier molecular flexibility index (Phi) is 6.24. The van der Waals surface area contributed by atoms with Crippen molar-refractivity contribution in [2.24, 2.45) is 0 Å². The Morgan fingerprint density at radius 3 is 2.93 bits per heavy atom. The molecule has 1 aromatic carbocycles. The number of aromatic nitrogens is 4. The Bertz CT molecular complexity index is 1040. The van der Waals surface area contributed by atoms with Gasteiger partial charge in [-0.15, -0.1) is 0 Å². The van der Waals surface area contributed by atoms with Crippen LogP contribution in [0.1, 0.15) is 19.8 Å². The minimum absolute atomic E-state index is 0.0818. The maximum Gasteiger partial charge on any atom is 0.446 e. The summed E-state index contributed by atoms with van der Waals surface area (Å²) >= 11 is 3.09. The van der Waals surface area contributed by atoms with Crippen molar-refractivity contribution in [2.75, 3.05) is 19.0 Å². The Morgan fingerprint density at radius 2 is 2.21 bits per heavy atom. The molecular formula is C17H17BrFN5O4. The molecule has 2 aromatic heterocycles. The van der Waals surface area contributed by atoms with E-state index in [0.717, 1.165) is 23.2 Å². The van der Waals surface area contributed by atoms with E-state index in [1.165, 1.54) is 18.2 Å². The predicted molar refractivity (Wildman–Crippen MR) is 102 cm³/mol. The first-order valence-electron chi connectivity index (χ1n) is 8.35. The first-order valence-corrected chi connectivity index (χ1v) is 9.14. The van der Waals surface area contributed by atoms with Gasteiger partial charge in [0.05, 0.1) is 23.0 Å². The van der Waals surface area contributed by atoms with Gasteiger partial charge < -0.3 is 10.1 Å². The van der Waals surface area contributed by atoms with Gasteiger partial charge >= 0.3 is 5.76 Å². The lowest BCUT2D eigenvalue weighted by Gasteiger charge is -2.07. The number of allylic oxidation sites excluding steroid dienone is 2. The molecule has 3 rings (SSSR count). The zero-order valence-corrected chi connectivity index (χ0v) is 16.7. The summed E-state index contributed by atoms with van der Waals surface area (Å²) in [5.41, 5.74) is 0.547. The number of hydrogen-bond acceptors (Lipinski definition) is 8. The third-order valence-electron chi connectivity index (χ3n) is 3.94. The lowest BCUT2D eigenvalue weighted by Crippen LogP contribution is -2.14. The summed E-state index contributed by atoms with van der Waals surface area (Å²) in [4.78, 5) is 12.2. The number of anilines is 1. The van der Waals surface area contributed by atoms with Crippen LogP contribution in [0.25, 0.3) is 17.2 Å². The summed E-state index contributed by atoms with van der Waals surface area (Å²) in [5, 5.41) is 14.5. The molecule has 0 aliphatic heterocycles. The average Bonchev–Trinajstić information content (AvgIpc) is 3.30. The quantitative estimate of drug-likeness (QED) is 0.407. The van der Waals surface area contributed by atoms with Crippen LogP contribution in [-0.2, 0) is 4.74 Å². The van der Waals surface area contributed by atoms with Gasteiger partial charge in [-0.05, 0) is 63.9 Å². The SMILES string of the molecule is C/C=C(/CCCNc1nonc1-c1noc(=O)n1-c1ccc(F)c(Br)c1)OC. The number of nitrogens with one attached hydrogen (secondary N) is 1. The van der Waals surface area contributed by atoms with Gasteiger partial charge in [0.2, 0.25) is 11.6 Å². The van der Waals surface area contributed by atoms with E-state index in [9.17, 15) is 9.18 Å². The maximum absolute atomic E-state index is 13.5. The Morgan fingerprint density at radius 1 is 1.39 bits per heavy atom. The molecule has 0 aliphatic rings.